The summed E-state index contributed by atoms with van der Waals surface area (Å²) in [6.07, 6.45) is 0.0916. The van der Waals surface area contributed by atoms with Crippen molar-refractivity contribution >= 4 is 50.7 Å². The maximum atomic E-state index is 12.5. The summed E-state index contributed by atoms with van der Waals surface area (Å²) in [5.74, 6) is -0.578. The number of hydrogen-bond donors (Lipinski definition) is 0. The normalized spacial score (nSPS) is 16.6. The van der Waals surface area contributed by atoms with Gasteiger partial charge >= 0.3 is 5.97 Å². The number of amides is 1. The van der Waals surface area contributed by atoms with Crippen LogP contribution in [-0.4, -0.2) is 30.5 Å². The predicted molar refractivity (Wildman–Crippen MR) is 108 cm³/mol. The third-order valence-corrected chi connectivity index (χ3v) is 5.81. The van der Waals surface area contributed by atoms with Crippen LogP contribution in [0.1, 0.15) is 11.4 Å². The van der Waals surface area contributed by atoms with Crippen LogP contribution in [0.2, 0.25) is 5.02 Å². The molecule has 28 heavy (non-hydrogen) atoms. The maximum Gasteiger partial charge on any atom is 0.311 e. The highest BCUT2D eigenvalue weighted by Crippen LogP contribution is 2.35. The fourth-order valence-corrected chi connectivity index (χ4v) is 4.25. The van der Waals surface area contributed by atoms with Gasteiger partial charge in [0.2, 0.25) is 5.91 Å². The Labute approximate surface area is 170 Å². The Morgan fingerprint density at radius 2 is 2.14 bits per heavy atom. The van der Waals surface area contributed by atoms with Crippen LogP contribution in [0.5, 0.6) is 5.75 Å². The number of aromatic nitrogens is 1. The van der Waals surface area contributed by atoms with Crippen molar-refractivity contribution in [2.75, 3.05) is 18.6 Å². The number of thiazole rings is 1. The van der Waals surface area contributed by atoms with Crippen LogP contribution in [0.25, 0.3) is 10.2 Å². The molecule has 0 aliphatic carbocycles. The highest BCUT2D eigenvalue weighted by molar-refractivity contribution is 7.18. The van der Waals surface area contributed by atoms with E-state index in [2.05, 4.69) is 4.98 Å². The standard InChI is InChI=1S/C20H17ClN2O4S/c1-26-16-7-6-13(21)9-15(16)23-10-12(8-19(23)24)20(25)27-11-18-22-14-4-2-3-5-17(14)28-18/h2-7,9,12H,8,10-11H2,1H3/t12-/m0/s1. The van der Waals surface area contributed by atoms with E-state index in [9.17, 15) is 9.59 Å². The molecule has 0 spiro atoms. The molecule has 0 saturated carbocycles. The molecule has 0 bridgehead atoms. The third-order valence-electron chi connectivity index (χ3n) is 4.57. The van der Waals surface area contributed by atoms with E-state index in [1.165, 1.54) is 23.3 Å². The van der Waals surface area contributed by atoms with Crippen LogP contribution in [0.15, 0.2) is 42.5 Å². The van der Waals surface area contributed by atoms with Crippen LogP contribution in [0.4, 0.5) is 5.69 Å². The molecule has 1 aliphatic rings. The van der Waals surface area contributed by atoms with E-state index < -0.39 is 11.9 Å². The van der Waals surface area contributed by atoms with Gasteiger partial charge < -0.3 is 14.4 Å². The van der Waals surface area contributed by atoms with Gasteiger partial charge in [-0.2, -0.15) is 0 Å². The number of halogens is 1. The maximum absolute atomic E-state index is 12.5. The highest BCUT2D eigenvalue weighted by Gasteiger charge is 2.37. The molecule has 6 nitrogen and oxygen atoms in total. The minimum atomic E-state index is -0.537. The molecule has 1 amide bonds. The minimum Gasteiger partial charge on any atom is -0.495 e. The first-order chi connectivity index (χ1) is 13.5. The van der Waals surface area contributed by atoms with Gasteiger partial charge in [-0.15, -0.1) is 11.3 Å². The number of carbonyl (C=O) groups excluding carboxylic acids is 2. The molecular formula is C20H17ClN2O4S. The van der Waals surface area contributed by atoms with E-state index in [-0.39, 0.29) is 25.5 Å². The molecular weight excluding hydrogens is 400 g/mol. The quantitative estimate of drug-likeness (QED) is 0.587. The first kappa shape index (κ1) is 18.7. The van der Waals surface area contributed by atoms with Crippen LogP contribution < -0.4 is 9.64 Å². The molecule has 3 aromatic rings. The van der Waals surface area contributed by atoms with Crippen LogP contribution in [0, 0.1) is 5.92 Å². The highest BCUT2D eigenvalue weighted by atomic mass is 35.5. The number of benzene rings is 2. The molecule has 2 aromatic carbocycles. The van der Waals surface area contributed by atoms with E-state index >= 15 is 0 Å². The number of para-hydroxylation sites is 1. The van der Waals surface area contributed by atoms with Gasteiger partial charge in [0.05, 0.1) is 28.9 Å². The molecule has 0 radical (unpaired) electrons. The van der Waals surface area contributed by atoms with E-state index in [1.807, 2.05) is 24.3 Å². The Morgan fingerprint density at radius 1 is 1.32 bits per heavy atom. The number of carbonyl (C=O) groups is 2. The van der Waals surface area contributed by atoms with Crippen molar-refractivity contribution in [3.05, 3.63) is 52.5 Å². The monoisotopic (exact) mass is 416 g/mol. The number of nitrogens with zero attached hydrogens (tertiary/aromatic N) is 2. The predicted octanol–water partition coefficient (Wildman–Crippen LogP) is 4.05. The summed E-state index contributed by atoms with van der Waals surface area (Å²) in [6, 6.07) is 12.8. The molecule has 1 fully saturated rings. The summed E-state index contributed by atoms with van der Waals surface area (Å²) < 4.78 is 11.8. The summed E-state index contributed by atoms with van der Waals surface area (Å²) >= 11 is 7.55. The second kappa shape index (κ2) is 7.77. The molecule has 4 rings (SSSR count). The zero-order chi connectivity index (χ0) is 19.7. The summed E-state index contributed by atoms with van der Waals surface area (Å²) in [6.45, 7) is 0.331. The second-order valence-corrected chi connectivity index (χ2v) is 7.96. The topological polar surface area (TPSA) is 68.7 Å². The molecule has 0 unspecified atom stereocenters. The van der Waals surface area contributed by atoms with E-state index in [0.29, 0.717) is 16.5 Å². The zero-order valence-electron chi connectivity index (χ0n) is 15.1. The van der Waals surface area contributed by atoms with Crippen molar-refractivity contribution in [2.45, 2.75) is 13.0 Å². The lowest BCUT2D eigenvalue weighted by Gasteiger charge is -2.19. The average molecular weight is 417 g/mol. The number of rotatable bonds is 5. The summed E-state index contributed by atoms with van der Waals surface area (Å²) in [7, 11) is 1.52. The van der Waals surface area contributed by atoms with Gasteiger partial charge in [0.15, 0.2) is 0 Å². The number of anilines is 1. The molecule has 0 N–H and O–H groups in total. The number of ether oxygens (including phenoxy) is 2. The van der Waals surface area contributed by atoms with Crippen LogP contribution in [-0.2, 0) is 20.9 Å². The van der Waals surface area contributed by atoms with Crippen molar-refractivity contribution in [2.24, 2.45) is 5.92 Å². The van der Waals surface area contributed by atoms with E-state index in [0.717, 1.165) is 15.2 Å². The lowest BCUT2D eigenvalue weighted by Crippen LogP contribution is -2.26. The number of hydrogen-bond acceptors (Lipinski definition) is 6. The largest absolute Gasteiger partial charge is 0.495 e. The smallest absolute Gasteiger partial charge is 0.311 e. The van der Waals surface area contributed by atoms with Gasteiger partial charge in [0, 0.05) is 18.0 Å². The van der Waals surface area contributed by atoms with Crippen molar-refractivity contribution in [1.82, 2.24) is 4.98 Å². The lowest BCUT2D eigenvalue weighted by atomic mass is 10.1. The van der Waals surface area contributed by atoms with E-state index in [1.54, 1.807) is 18.2 Å². The number of methoxy groups -OCH3 is 1. The number of esters is 1. The fraction of sp³-hybridized carbons (Fsp3) is 0.250. The Kier molecular flexibility index (Phi) is 5.19. The van der Waals surface area contributed by atoms with Gasteiger partial charge in [-0.05, 0) is 30.3 Å². The molecule has 1 atom stereocenters. The van der Waals surface area contributed by atoms with Crippen molar-refractivity contribution in [3.63, 3.8) is 0 Å². The zero-order valence-corrected chi connectivity index (χ0v) is 16.6. The van der Waals surface area contributed by atoms with E-state index in [4.69, 9.17) is 21.1 Å². The van der Waals surface area contributed by atoms with Crippen molar-refractivity contribution < 1.29 is 19.1 Å². The lowest BCUT2D eigenvalue weighted by molar-refractivity contribution is -0.149. The summed E-state index contributed by atoms with van der Waals surface area (Å²) in [4.78, 5) is 30.9. The van der Waals surface area contributed by atoms with Gasteiger partial charge in [0.25, 0.3) is 0 Å². The Bertz CT molecular complexity index is 1020. The Morgan fingerprint density at radius 3 is 2.93 bits per heavy atom. The minimum absolute atomic E-state index is 0.0916. The first-order valence-electron chi connectivity index (χ1n) is 8.70. The third kappa shape index (κ3) is 3.68. The molecule has 1 aliphatic heterocycles. The van der Waals surface area contributed by atoms with Gasteiger partial charge in [-0.1, -0.05) is 23.7 Å². The molecule has 1 saturated heterocycles. The van der Waals surface area contributed by atoms with Gasteiger partial charge in [0.1, 0.15) is 17.4 Å². The van der Waals surface area contributed by atoms with Gasteiger partial charge in [-0.3, -0.25) is 9.59 Å². The summed E-state index contributed by atoms with van der Waals surface area (Å²) in [5.41, 5.74) is 1.44. The van der Waals surface area contributed by atoms with Crippen LogP contribution >= 0.6 is 22.9 Å². The van der Waals surface area contributed by atoms with Crippen molar-refractivity contribution in [1.29, 1.82) is 0 Å². The molecule has 144 valence electrons. The van der Waals surface area contributed by atoms with Gasteiger partial charge in [-0.25, -0.2) is 4.98 Å². The molecule has 8 heteroatoms. The van der Waals surface area contributed by atoms with Crippen LogP contribution in [0.3, 0.4) is 0 Å². The number of fused-ring (bicyclic) bond motifs is 1. The Hall–Kier alpha value is -2.64. The van der Waals surface area contributed by atoms with Crippen molar-refractivity contribution in [3.8, 4) is 5.75 Å². The fourth-order valence-electron chi connectivity index (χ4n) is 3.20. The average Bonchev–Trinajstić information content (AvgIpc) is 3.29. The SMILES string of the molecule is COc1ccc(Cl)cc1N1C[C@@H](C(=O)OCc2nc3ccccc3s2)CC1=O. The summed E-state index contributed by atoms with van der Waals surface area (Å²) in [5, 5.41) is 1.22. The second-order valence-electron chi connectivity index (χ2n) is 6.40. The molecule has 2 heterocycles. The first-order valence-corrected chi connectivity index (χ1v) is 9.89. The Balaban J connectivity index is 1.43. The molecule has 1 aromatic heterocycles.